The minimum atomic E-state index is 0.199. The molecule has 3 aliphatic carbocycles. The number of ether oxygens (including phenoxy) is 1. The highest BCUT2D eigenvalue weighted by atomic mass is 16.5. The van der Waals surface area contributed by atoms with Crippen molar-refractivity contribution in [3.8, 4) is 11.5 Å². The van der Waals surface area contributed by atoms with Crippen molar-refractivity contribution >= 4 is 11.4 Å². The van der Waals surface area contributed by atoms with Crippen LogP contribution in [0.4, 0.5) is 0 Å². The van der Waals surface area contributed by atoms with E-state index in [1.54, 1.807) is 6.07 Å². The highest BCUT2D eigenvalue weighted by molar-refractivity contribution is 6.00. The molecule has 3 aliphatic rings. The van der Waals surface area contributed by atoms with Crippen molar-refractivity contribution in [2.24, 2.45) is 11.8 Å². The number of ketones is 1. The Morgan fingerprint density at radius 1 is 0.968 bits per heavy atom. The summed E-state index contributed by atoms with van der Waals surface area (Å²) in [6.07, 6.45) is 11.5. The SMILES string of the molecule is O=C1C=C2c3c(O)cc(OCCCCc4ccccc4)cc3[C@H]3CCCC[C@H]3[C@H]2CC1. The summed E-state index contributed by atoms with van der Waals surface area (Å²) < 4.78 is 6.08. The highest BCUT2D eigenvalue weighted by Crippen LogP contribution is 2.57. The Hall–Kier alpha value is -2.55. The maximum absolute atomic E-state index is 12.2. The van der Waals surface area contributed by atoms with Gasteiger partial charge in [0.15, 0.2) is 5.78 Å². The van der Waals surface area contributed by atoms with Crippen LogP contribution in [0.3, 0.4) is 0 Å². The summed E-state index contributed by atoms with van der Waals surface area (Å²) in [6, 6.07) is 14.5. The van der Waals surface area contributed by atoms with E-state index in [0.717, 1.165) is 42.6 Å². The summed E-state index contributed by atoms with van der Waals surface area (Å²) in [5.41, 5.74) is 4.59. The number of carbonyl (C=O) groups is 1. The maximum atomic E-state index is 12.2. The van der Waals surface area contributed by atoms with Gasteiger partial charge in [0.2, 0.25) is 0 Å². The number of fused-ring (bicyclic) bond motifs is 6. The molecule has 0 radical (unpaired) electrons. The molecular formula is C28H32O3. The van der Waals surface area contributed by atoms with Crippen molar-refractivity contribution in [2.75, 3.05) is 6.61 Å². The quantitative estimate of drug-likeness (QED) is 0.551. The lowest BCUT2D eigenvalue weighted by molar-refractivity contribution is -0.115. The monoisotopic (exact) mass is 416 g/mol. The fourth-order valence-corrected chi connectivity index (χ4v) is 6.11. The first-order chi connectivity index (χ1) is 15.2. The smallest absolute Gasteiger partial charge is 0.156 e. The molecule has 0 aliphatic heterocycles. The molecule has 1 N–H and O–H groups in total. The molecular weight excluding hydrogens is 384 g/mol. The molecule has 1 saturated carbocycles. The van der Waals surface area contributed by atoms with Gasteiger partial charge in [0.05, 0.1) is 6.61 Å². The number of unbranched alkanes of at least 4 members (excludes halogenated alkanes) is 1. The van der Waals surface area contributed by atoms with Gasteiger partial charge in [-0.25, -0.2) is 0 Å². The van der Waals surface area contributed by atoms with E-state index < -0.39 is 0 Å². The molecule has 3 heteroatoms. The Morgan fingerprint density at radius 3 is 2.68 bits per heavy atom. The third kappa shape index (κ3) is 4.15. The zero-order chi connectivity index (χ0) is 21.2. The van der Waals surface area contributed by atoms with Gasteiger partial charge < -0.3 is 9.84 Å². The predicted molar refractivity (Wildman–Crippen MR) is 123 cm³/mol. The zero-order valence-electron chi connectivity index (χ0n) is 18.2. The first kappa shape index (κ1) is 20.4. The van der Waals surface area contributed by atoms with Gasteiger partial charge in [-0.05, 0) is 85.1 Å². The molecule has 0 bridgehead atoms. The molecule has 31 heavy (non-hydrogen) atoms. The number of carbonyl (C=O) groups excluding carboxylic acids is 1. The number of phenols is 1. The van der Waals surface area contributed by atoms with Gasteiger partial charge in [-0.15, -0.1) is 0 Å². The van der Waals surface area contributed by atoms with Gasteiger partial charge in [-0.2, -0.15) is 0 Å². The normalized spacial score (nSPS) is 24.6. The second kappa shape index (κ2) is 8.90. The van der Waals surface area contributed by atoms with E-state index >= 15 is 0 Å². The molecule has 3 nitrogen and oxygen atoms in total. The third-order valence-electron chi connectivity index (χ3n) is 7.53. The Morgan fingerprint density at radius 2 is 1.81 bits per heavy atom. The van der Waals surface area contributed by atoms with Crippen molar-refractivity contribution in [2.45, 2.75) is 63.7 Å². The van der Waals surface area contributed by atoms with E-state index in [-0.39, 0.29) is 11.5 Å². The first-order valence-electron chi connectivity index (χ1n) is 12.0. The van der Waals surface area contributed by atoms with Gasteiger partial charge in [-0.1, -0.05) is 43.2 Å². The van der Waals surface area contributed by atoms with Gasteiger partial charge in [0.1, 0.15) is 11.5 Å². The Bertz CT molecular complexity index is 975. The second-order valence-corrected chi connectivity index (χ2v) is 9.46. The Labute approximate surface area is 185 Å². The Balaban J connectivity index is 1.33. The van der Waals surface area contributed by atoms with Crippen molar-refractivity contribution in [1.29, 1.82) is 0 Å². The molecule has 0 amide bonds. The molecule has 2 aromatic carbocycles. The van der Waals surface area contributed by atoms with Crippen LogP contribution in [0.5, 0.6) is 11.5 Å². The molecule has 0 heterocycles. The van der Waals surface area contributed by atoms with E-state index in [1.165, 1.54) is 36.8 Å². The number of rotatable bonds is 6. The summed E-state index contributed by atoms with van der Waals surface area (Å²) >= 11 is 0. The molecule has 5 rings (SSSR count). The number of benzene rings is 2. The standard InChI is InChI=1S/C28H32O3/c29-20-13-14-24-22-11-4-5-12-23(22)26-17-21(18-27(30)28(26)25(24)16-20)31-15-7-6-10-19-8-2-1-3-9-19/h1-3,8-9,16-18,22-24,30H,4-7,10-15H2/t22-,23+,24-/m1/s1. The minimum Gasteiger partial charge on any atom is -0.507 e. The lowest BCUT2D eigenvalue weighted by atomic mass is 9.59. The van der Waals surface area contributed by atoms with Crippen LogP contribution < -0.4 is 4.74 Å². The topological polar surface area (TPSA) is 46.5 Å². The number of phenolic OH excluding ortho intramolecular Hbond substituents is 1. The van der Waals surface area contributed by atoms with Crippen LogP contribution >= 0.6 is 0 Å². The van der Waals surface area contributed by atoms with E-state index in [2.05, 4.69) is 30.3 Å². The molecule has 162 valence electrons. The molecule has 2 aromatic rings. The number of hydrogen-bond acceptors (Lipinski definition) is 3. The van der Waals surface area contributed by atoms with Crippen LogP contribution in [-0.4, -0.2) is 17.5 Å². The van der Waals surface area contributed by atoms with E-state index in [4.69, 9.17) is 4.74 Å². The number of hydrogen-bond donors (Lipinski definition) is 1. The third-order valence-corrected chi connectivity index (χ3v) is 7.53. The molecule has 1 fully saturated rings. The minimum absolute atomic E-state index is 0.199. The van der Waals surface area contributed by atoms with Crippen molar-refractivity contribution in [1.82, 2.24) is 0 Å². The fourth-order valence-electron chi connectivity index (χ4n) is 6.11. The van der Waals surface area contributed by atoms with Crippen LogP contribution in [0.25, 0.3) is 5.57 Å². The number of allylic oxidation sites excluding steroid dienone is 2. The van der Waals surface area contributed by atoms with Crippen LogP contribution in [0.15, 0.2) is 48.5 Å². The second-order valence-electron chi connectivity index (χ2n) is 9.46. The lowest BCUT2D eigenvalue weighted by Crippen LogP contribution is -2.33. The van der Waals surface area contributed by atoms with Crippen LogP contribution in [0.1, 0.15) is 74.0 Å². The summed E-state index contributed by atoms with van der Waals surface area (Å²) in [7, 11) is 0. The summed E-state index contributed by atoms with van der Waals surface area (Å²) in [6.45, 7) is 0.656. The average Bonchev–Trinajstić information content (AvgIpc) is 2.79. The van der Waals surface area contributed by atoms with Crippen LogP contribution in [-0.2, 0) is 11.2 Å². The van der Waals surface area contributed by atoms with Crippen molar-refractivity contribution in [3.63, 3.8) is 0 Å². The first-order valence-corrected chi connectivity index (χ1v) is 12.0. The average molecular weight is 417 g/mol. The van der Waals surface area contributed by atoms with E-state index in [9.17, 15) is 9.90 Å². The van der Waals surface area contributed by atoms with Gasteiger partial charge in [0.25, 0.3) is 0 Å². The molecule has 0 saturated heterocycles. The van der Waals surface area contributed by atoms with E-state index in [1.807, 2.05) is 12.1 Å². The summed E-state index contributed by atoms with van der Waals surface area (Å²) in [5.74, 6) is 2.75. The fraction of sp³-hybridized carbons (Fsp3) is 0.464. The summed E-state index contributed by atoms with van der Waals surface area (Å²) in [5, 5.41) is 11.0. The largest absolute Gasteiger partial charge is 0.507 e. The maximum Gasteiger partial charge on any atom is 0.156 e. The van der Waals surface area contributed by atoms with E-state index in [0.29, 0.717) is 30.8 Å². The van der Waals surface area contributed by atoms with Crippen molar-refractivity contribution < 1.29 is 14.6 Å². The van der Waals surface area contributed by atoms with Crippen molar-refractivity contribution in [3.05, 3.63) is 65.2 Å². The number of aryl methyl sites for hydroxylation is 1. The molecule has 0 spiro atoms. The summed E-state index contributed by atoms with van der Waals surface area (Å²) in [4.78, 5) is 12.2. The molecule has 0 unspecified atom stereocenters. The highest BCUT2D eigenvalue weighted by Gasteiger charge is 2.43. The molecule has 0 aromatic heterocycles. The lowest BCUT2D eigenvalue weighted by Gasteiger charge is -2.45. The number of aromatic hydroxyl groups is 1. The Kier molecular flexibility index (Phi) is 5.85. The van der Waals surface area contributed by atoms with Crippen LogP contribution in [0, 0.1) is 11.8 Å². The van der Waals surface area contributed by atoms with Gasteiger partial charge >= 0.3 is 0 Å². The zero-order valence-corrected chi connectivity index (χ0v) is 18.2. The predicted octanol–water partition coefficient (Wildman–Crippen LogP) is 6.44. The molecule has 3 atom stereocenters. The van der Waals surface area contributed by atoms with Gasteiger partial charge in [0, 0.05) is 18.1 Å². The van der Waals surface area contributed by atoms with Gasteiger partial charge in [-0.3, -0.25) is 4.79 Å². The van der Waals surface area contributed by atoms with Crippen LogP contribution in [0.2, 0.25) is 0 Å².